The SMILES string of the molecule is CSCCC(N)C(=O)NC(CCCN=C(N)N)C(=O)NC(CC(=O)O)C(=O)NC(Cc1ccccc1)C(=O)O. The first kappa shape index (κ1) is 33.2. The third-order valence-electron chi connectivity index (χ3n) is 5.46. The molecule has 0 aliphatic heterocycles. The zero-order chi connectivity index (χ0) is 29.4. The molecule has 11 N–H and O–H groups in total. The van der Waals surface area contributed by atoms with Crippen molar-refractivity contribution in [1.29, 1.82) is 0 Å². The Bertz CT molecular complexity index is 1010. The Balaban J connectivity index is 3.03. The molecule has 0 radical (unpaired) electrons. The van der Waals surface area contributed by atoms with Crippen molar-refractivity contribution in [3.8, 4) is 0 Å². The summed E-state index contributed by atoms with van der Waals surface area (Å²) >= 11 is 1.50. The zero-order valence-corrected chi connectivity index (χ0v) is 22.5. The highest BCUT2D eigenvalue weighted by atomic mass is 32.2. The molecule has 0 aromatic heterocycles. The average Bonchev–Trinajstić information content (AvgIpc) is 2.87. The molecule has 1 aromatic rings. The number of carbonyl (C=O) groups excluding carboxylic acids is 3. The topological polar surface area (TPSA) is 252 Å². The van der Waals surface area contributed by atoms with Crippen molar-refractivity contribution in [3.63, 3.8) is 0 Å². The Hall–Kier alpha value is -3.85. The summed E-state index contributed by atoms with van der Waals surface area (Å²) in [6.45, 7) is 0.152. The van der Waals surface area contributed by atoms with Crippen molar-refractivity contribution in [2.75, 3.05) is 18.6 Å². The molecule has 0 aliphatic rings. The number of amides is 3. The lowest BCUT2D eigenvalue weighted by molar-refractivity contribution is -0.143. The molecule has 4 unspecified atom stereocenters. The first-order valence-electron chi connectivity index (χ1n) is 12.1. The van der Waals surface area contributed by atoms with Gasteiger partial charge in [0.25, 0.3) is 0 Å². The number of nitrogens with one attached hydrogen (secondary N) is 3. The fraction of sp³-hybridized carbons (Fsp3) is 0.500. The fourth-order valence-electron chi connectivity index (χ4n) is 3.41. The second-order valence-corrected chi connectivity index (χ2v) is 9.63. The van der Waals surface area contributed by atoms with Crippen molar-refractivity contribution in [1.82, 2.24) is 16.0 Å². The van der Waals surface area contributed by atoms with Crippen LogP contribution in [0.25, 0.3) is 0 Å². The molecule has 1 rings (SSSR count). The van der Waals surface area contributed by atoms with Gasteiger partial charge in [0.05, 0.1) is 12.5 Å². The lowest BCUT2D eigenvalue weighted by atomic mass is 10.0. The van der Waals surface area contributed by atoms with Gasteiger partial charge in [0.15, 0.2) is 5.96 Å². The van der Waals surface area contributed by atoms with Crippen LogP contribution in [0.5, 0.6) is 0 Å². The summed E-state index contributed by atoms with van der Waals surface area (Å²) in [7, 11) is 0. The highest BCUT2D eigenvalue weighted by Crippen LogP contribution is 2.07. The van der Waals surface area contributed by atoms with Crippen LogP contribution in [0.2, 0.25) is 0 Å². The van der Waals surface area contributed by atoms with Gasteiger partial charge in [0.1, 0.15) is 18.1 Å². The number of carboxylic acid groups (broad SMARTS) is 2. The third-order valence-corrected chi connectivity index (χ3v) is 6.10. The minimum absolute atomic E-state index is 0.0524. The molecule has 0 aliphatic carbocycles. The first-order chi connectivity index (χ1) is 18.4. The van der Waals surface area contributed by atoms with Crippen LogP contribution < -0.4 is 33.2 Å². The number of nitrogens with zero attached hydrogens (tertiary/aromatic N) is 1. The van der Waals surface area contributed by atoms with Crippen LogP contribution in [-0.4, -0.2) is 88.6 Å². The monoisotopic (exact) mass is 567 g/mol. The smallest absolute Gasteiger partial charge is 0.326 e. The van der Waals surface area contributed by atoms with Gasteiger partial charge in [-0.05, 0) is 36.8 Å². The van der Waals surface area contributed by atoms with E-state index in [1.54, 1.807) is 30.3 Å². The van der Waals surface area contributed by atoms with E-state index in [1.165, 1.54) is 11.8 Å². The largest absolute Gasteiger partial charge is 0.481 e. The van der Waals surface area contributed by atoms with Crippen LogP contribution in [0.15, 0.2) is 35.3 Å². The van der Waals surface area contributed by atoms with Crippen molar-refractivity contribution in [2.24, 2.45) is 22.2 Å². The first-order valence-corrected chi connectivity index (χ1v) is 13.5. The molecule has 0 heterocycles. The maximum Gasteiger partial charge on any atom is 0.326 e. The predicted octanol–water partition coefficient (Wildman–Crippen LogP) is -1.62. The van der Waals surface area contributed by atoms with Crippen LogP contribution in [0, 0.1) is 0 Å². The van der Waals surface area contributed by atoms with Crippen molar-refractivity contribution in [2.45, 2.75) is 56.3 Å². The van der Waals surface area contributed by atoms with Gasteiger partial charge in [-0.3, -0.25) is 24.2 Å². The number of benzene rings is 1. The van der Waals surface area contributed by atoms with E-state index in [0.29, 0.717) is 17.7 Å². The molecule has 0 saturated heterocycles. The number of hydrogen-bond donors (Lipinski definition) is 8. The Labute approximate surface area is 230 Å². The van der Waals surface area contributed by atoms with E-state index < -0.39 is 60.2 Å². The van der Waals surface area contributed by atoms with Gasteiger partial charge in [-0.25, -0.2) is 4.79 Å². The molecular formula is C24H37N7O7S. The minimum Gasteiger partial charge on any atom is -0.481 e. The average molecular weight is 568 g/mol. The van der Waals surface area contributed by atoms with Gasteiger partial charge >= 0.3 is 11.9 Å². The number of aliphatic imine (C=N–C) groups is 1. The molecule has 4 atom stereocenters. The van der Waals surface area contributed by atoms with Gasteiger partial charge in [0, 0.05) is 13.0 Å². The summed E-state index contributed by atoms with van der Waals surface area (Å²) in [6.07, 6.45) is 1.65. The van der Waals surface area contributed by atoms with Crippen molar-refractivity contribution in [3.05, 3.63) is 35.9 Å². The van der Waals surface area contributed by atoms with Crippen LogP contribution in [0.1, 0.15) is 31.2 Å². The van der Waals surface area contributed by atoms with Crippen molar-refractivity contribution >= 4 is 47.4 Å². The zero-order valence-electron chi connectivity index (χ0n) is 21.7. The van der Waals surface area contributed by atoms with E-state index in [0.717, 1.165) is 0 Å². The normalized spacial score (nSPS) is 13.7. The number of aliphatic carboxylic acids is 2. The molecule has 15 heteroatoms. The molecule has 0 spiro atoms. The summed E-state index contributed by atoms with van der Waals surface area (Å²) in [4.78, 5) is 65.6. The lowest BCUT2D eigenvalue weighted by Gasteiger charge is -2.24. The van der Waals surface area contributed by atoms with Gasteiger partial charge in [0.2, 0.25) is 17.7 Å². The number of carboxylic acids is 2. The van der Waals surface area contributed by atoms with E-state index in [9.17, 15) is 34.2 Å². The maximum atomic E-state index is 13.1. The highest BCUT2D eigenvalue weighted by Gasteiger charge is 2.31. The second kappa shape index (κ2) is 17.6. The predicted molar refractivity (Wildman–Crippen MR) is 147 cm³/mol. The number of carbonyl (C=O) groups is 5. The maximum absolute atomic E-state index is 13.1. The number of thioether (sulfide) groups is 1. The van der Waals surface area contributed by atoms with Crippen LogP contribution in [0.4, 0.5) is 0 Å². The van der Waals surface area contributed by atoms with Crippen LogP contribution in [0.3, 0.4) is 0 Å². The number of hydrogen-bond acceptors (Lipinski definition) is 8. The summed E-state index contributed by atoms with van der Waals surface area (Å²) in [6, 6.07) is 3.45. The van der Waals surface area contributed by atoms with Gasteiger partial charge in [-0.15, -0.1) is 0 Å². The summed E-state index contributed by atoms with van der Waals surface area (Å²) < 4.78 is 0. The summed E-state index contributed by atoms with van der Waals surface area (Å²) in [5.41, 5.74) is 17.1. The van der Waals surface area contributed by atoms with Crippen LogP contribution in [-0.2, 0) is 30.4 Å². The van der Waals surface area contributed by atoms with Gasteiger partial charge in [-0.2, -0.15) is 11.8 Å². The van der Waals surface area contributed by atoms with E-state index in [2.05, 4.69) is 20.9 Å². The van der Waals surface area contributed by atoms with E-state index >= 15 is 0 Å². The second-order valence-electron chi connectivity index (χ2n) is 8.65. The number of nitrogens with two attached hydrogens (primary N) is 3. The Morgan fingerprint density at radius 2 is 1.49 bits per heavy atom. The molecule has 216 valence electrons. The molecule has 39 heavy (non-hydrogen) atoms. The number of guanidine groups is 1. The molecule has 0 bridgehead atoms. The van der Waals surface area contributed by atoms with E-state index in [-0.39, 0.29) is 31.8 Å². The molecular weight excluding hydrogens is 530 g/mol. The molecule has 1 aromatic carbocycles. The highest BCUT2D eigenvalue weighted by molar-refractivity contribution is 7.98. The van der Waals surface area contributed by atoms with E-state index in [1.807, 2.05) is 6.26 Å². The third kappa shape index (κ3) is 13.5. The molecule has 3 amide bonds. The standard InChI is InChI=1S/C24H37N7O7S/c1-39-11-9-15(25)20(34)29-16(8-5-10-28-24(26)27)21(35)30-17(13-19(32)33)22(36)31-18(23(37)38)12-14-6-3-2-4-7-14/h2-4,6-7,15-18H,5,8-13,25H2,1H3,(H,29,34)(H,30,35)(H,31,36)(H,32,33)(H,37,38)(H4,26,27,28). The summed E-state index contributed by atoms with van der Waals surface area (Å²) in [5.74, 6) is -4.72. The minimum atomic E-state index is -1.62. The van der Waals surface area contributed by atoms with Crippen LogP contribution >= 0.6 is 11.8 Å². The Kier molecular flexibility index (Phi) is 15.0. The molecule has 14 nitrogen and oxygen atoms in total. The summed E-state index contributed by atoms with van der Waals surface area (Å²) in [5, 5.41) is 26.0. The number of rotatable bonds is 18. The van der Waals surface area contributed by atoms with E-state index in [4.69, 9.17) is 17.2 Å². The molecule has 0 saturated carbocycles. The van der Waals surface area contributed by atoms with Gasteiger partial charge in [-0.1, -0.05) is 30.3 Å². The van der Waals surface area contributed by atoms with Gasteiger partial charge < -0.3 is 43.4 Å². The lowest BCUT2D eigenvalue weighted by Crippen LogP contribution is -2.57. The van der Waals surface area contributed by atoms with Crippen molar-refractivity contribution < 1.29 is 34.2 Å². The Morgan fingerprint density at radius 1 is 0.897 bits per heavy atom. The quantitative estimate of drug-likeness (QED) is 0.0568. The fourth-order valence-corrected chi connectivity index (χ4v) is 3.90. The Morgan fingerprint density at radius 3 is 2.05 bits per heavy atom. The molecule has 0 fully saturated rings.